The van der Waals surface area contributed by atoms with Gasteiger partial charge in [-0.3, -0.25) is 4.90 Å². The molecule has 112 valence electrons. The van der Waals surface area contributed by atoms with Crippen LogP contribution in [0.25, 0.3) is 0 Å². The fraction of sp³-hybridized carbons (Fsp3) is 1.00. The largest absolute Gasteiger partial charge is 0.315 e. The van der Waals surface area contributed by atoms with Crippen LogP contribution in [-0.2, 0) is 0 Å². The van der Waals surface area contributed by atoms with Crippen LogP contribution >= 0.6 is 0 Å². The van der Waals surface area contributed by atoms with E-state index in [9.17, 15) is 0 Å². The topological polar surface area (TPSA) is 15.3 Å². The van der Waals surface area contributed by atoms with E-state index in [0.29, 0.717) is 12.1 Å². The highest BCUT2D eigenvalue weighted by Crippen LogP contribution is 2.36. The molecule has 0 aromatic carbocycles. The first-order valence-electron chi connectivity index (χ1n) is 8.46. The van der Waals surface area contributed by atoms with Gasteiger partial charge in [-0.1, -0.05) is 13.8 Å². The summed E-state index contributed by atoms with van der Waals surface area (Å²) in [5.74, 6) is 2.77. The highest BCUT2D eigenvalue weighted by molar-refractivity contribution is 4.94. The van der Waals surface area contributed by atoms with Crippen LogP contribution in [0.4, 0.5) is 0 Å². The Balaban J connectivity index is 2.05. The Labute approximate surface area is 120 Å². The van der Waals surface area contributed by atoms with Crippen LogP contribution in [-0.4, -0.2) is 36.6 Å². The van der Waals surface area contributed by atoms with Crippen molar-refractivity contribution >= 4 is 0 Å². The average molecular weight is 266 g/mol. The quantitative estimate of drug-likeness (QED) is 0.791. The molecule has 3 atom stereocenters. The molecule has 2 aliphatic rings. The van der Waals surface area contributed by atoms with Crippen LogP contribution in [0.1, 0.15) is 59.8 Å². The number of likely N-dealkylation sites (N-methyl/N-ethyl adjacent to an activating group) is 1. The van der Waals surface area contributed by atoms with E-state index < -0.39 is 0 Å². The highest BCUT2D eigenvalue weighted by Gasteiger charge is 2.37. The Hall–Kier alpha value is -0.0800. The van der Waals surface area contributed by atoms with Crippen molar-refractivity contribution < 1.29 is 0 Å². The molecule has 0 amide bonds. The minimum atomic E-state index is 0.687. The zero-order chi connectivity index (χ0) is 14.0. The van der Waals surface area contributed by atoms with Gasteiger partial charge >= 0.3 is 0 Å². The summed E-state index contributed by atoms with van der Waals surface area (Å²) in [6.07, 6.45) is 7.10. The van der Waals surface area contributed by atoms with E-state index in [1.807, 2.05) is 0 Å². The normalized spacial score (nSPS) is 32.5. The maximum atomic E-state index is 3.60. The molecule has 0 aliphatic heterocycles. The lowest BCUT2D eigenvalue weighted by molar-refractivity contribution is 0.0589. The van der Waals surface area contributed by atoms with Gasteiger partial charge in [0.2, 0.25) is 0 Å². The molecule has 0 heterocycles. The van der Waals surface area contributed by atoms with Crippen LogP contribution in [0.2, 0.25) is 0 Å². The molecule has 0 radical (unpaired) electrons. The summed E-state index contributed by atoms with van der Waals surface area (Å²) in [6, 6.07) is 2.15. The summed E-state index contributed by atoms with van der Waals surface area (Å²) in [6.45, 7) is 10.9. The van der Waals surface area contributed by atoms with Crippen molar-refractivity contribution in [2.75, 3.05) is 13.6 Å². The molecule has 0 bridgehead atoms. The van der Waals surface area contributed by atoms with E-state index in [1.54, 1.807) is 0 Å². The monoisotopic (exact) mass is 266 g/mol. The Morgan fingerprint density at radius 1 is 1.05 bits per heavy atom. The standard InChI is InChI=1S/C17H34N2/c1-12(2)15-8-9-16(18-5)17(10-15)19(13(3)4)11-14-6-7-14/h12-18H,6-11H2,1-5H3. The Kier molecular flexibility index (Phi) is 5.30. The molecule has 2 nitrogen and oxygen atoms in total. The zero-order valence-corrected chi connectivity index (χ0v) is 13.7. The maximum absolute atomic E-state index is 3.60. The third-order valence-corrected chi connectivity index (χ3v) is 5.43. The lowest BCUT2D eigenvalue weighted by Gasteiger charge is -2.45. The van der Waals surface area contributed by atoms with E-state index >= 15 is 0 Å². The number of nitrogens with one attached hydrogen (secondary N) is 1. The Bertz CT molecular complexity index is 270. The van der Waals surface area contributed by atoms with E-state index in [0.717, 1.165) is 23.8 Å². The predicted molar refractivity (Wildman–Crippen MR) is 83.4 cm³/mol. The van der Waals surface area contributed by atoms with Gasteiger partial charge in [-0.05, 0) is 70.8 Å². The SMILES string of the molecule is CNC1CCC(C(C)C)CC1N(CC1CC1)C(C)C. The van der Waals surface area contributed by atoms with Crippen LogP contribution in [0.15, 0.2) is 0 Å². The third-order valence-electron chi connectivity index (χ3n) is 5.43. The molecule has 0 spiro atoms. The number of hydrogen-bond donors (Lipinski definition) is 1. The van der Waals surface area contributed by atoms with Crippen molar-refractivity contribution in [2.45, 2.75) is 77.9 Å². The van der Waals surface area contributed by atoms with Crippen molar-refractivity contribution in [3.05, 3.63) is 0 Å². The Morgan fingerprint density at radius 2 is 1.74 bits per heavy atom. The zero-order valence-electron chi connectivity index (χ0n) is 13.7. The molecule has 2 heteroatoms. The third kappa shape index (κ3) is 3.95. The smallest absolute Gasteiger partial charge is 0.0254 e. The molecular formula is C17H34N2. The van der Waals surface area contributed by atoms with E-state index in [1.165, 1.54) is 38.6 Å². The minimum Gasteiger partial charge on any atom is -0.315 e. The molecule has 0 saturated heterocycles. The number of rotatable bonds is 6. The number of hydrogen-bond acceptors (Lipinski definition) is 2. The van der Waals surface area contributed by atoms with Gasteiger partial charge in [-0.25, -0.2) is 0 Å². The first-order chi connectivity index (χ1) is 9.02. The van der Waals surface area contributed by atoms with Crippen LogP contribution in [0.5, 0.6) is 0 Å². The fourth-order valence-corrected chi connectivity index (χ4v) is 3.81. The molecule has 2 rings (SSSR count). The van der Waals surface area contributed by atoms with Gasteiger partial charge in [0.05, 0.1) is 0 Å². The molecule has 1 N–H and O–H groups in total. The summed E-state index contributed by atoms with van der Waals surface area (Å²) in [5, 5.41) is 3.60. The van der Waals surface area contributed by atoms with Crippen LogP contribution in [0, 0.1) is 17.8 Å². The van der Waals surface area contributed by atoms with Gasteiger partial charge in [0.25, 0.3) is 0 Å². The fourth-order valence-electron chi connectivity index (χ4n) is 3.81. The molecular weight excluding hydrogens is 232 g/mol. The van der Waals surface area contributed by atoms with Gasteiger partial charge in [0.15, 0.2) is 0 Å². The van der Waals surface area contributed by atoms with Crippen molar-refractivity contribution in [1.29, 1.82) is 0 Å². The molecule has 3 unspecified atom stereocenters. The molecule has 0 aromatic heterocycles. The summed E-state index contributed by atoms with van der Waals surface area (Å²) in [4.78, 5) is 2.81. The van der Waals surface area contributed by atoms with E-state index in [4.69, 9.17) is 0 Å². The van der Waals surface area contributed by atoms with E-state index in [-0.39, 0.29) is 0 Å². The molecule has 19 heavy (non-hydrogen) atoms. The molecule has 2 fully saturated rings. The lowest BCUT2D eigenvalue weighted by atomic mass is 9.76. The van der Waals surface area contributed by atoms with Gasteiger partial charge in [-0.15, -0.1) is 0 Å². The van der Waals surface area contributed by atoms with E-state index in [2.05, 4.69) is 45.0 Å². The highest BCUT2D eigenvalue weighted by atomic mass is 15.2. The van der Waals surface area contributed by atoms with Crippen molar-refractivity contribution in [3.63, 3.8) is 0 Å². The lowest BCUT2D eigenvalue weighted by Crippen LogP contribution is -2.55. The van der Waals surface area contributed by atoms with Gasteiger partial charge in [0, 0.05) is 24.7 Å². The average Bonchev–Trinajstić information content (AvgIpc) is 3.18. The second-order valence-corrected chi connectivity index (χ2v) is 7.51. The molecule has 0 aromatic rings. The summed E-state index contributed by atoms with van der Waals surface area (Å²) in [7, 11) is 2.16. The first kappa shape index (κ1) is 15.3. The van der Waals surface area contributed by atoms with Crippen molar-refractivity contribution in [1.82, 2.24) is 10.2 Å². The minimum absolute atomic E-state index is 0.687. The predicted octanol–water partition coefficient (Wildman–Crippen LogP) is 3.52. The molecule has 2 aliphatic carbocycles. The summed E-state index contributed by atoms with van der Waals surface area (Å²) >= 11 is 0. The van der Waals surface area contributed by atoms with Crippen LogP contribution < -0.4 is 5.32 Å². The van der Waals surface area contributed by atoms with Crippen molar-refractivity contribution in [3.8, 4) is 0 Å². The van der Waals surface area contributed by atoms with Crippen LogP contribution in [0.3, 0.4) is 0 Å². The first-order valence-corrected chi connectivity index (χ1v) is 8.46. The summed E-state index contributed by atoms with van der Waals surface area (Å²) in [5.41, 5.74) is 0. The number of nitrogens with zero attached hydrogens (tertiary/aromatic N) is 1. The maximum Gasteiger partial charge on any atom is 0.0254 e. The second-order valence-electron chi connectivity index (χ2n) is 7.51. The second kappa shape index (κ2) is 6.58. The molecule has 2 saturated carbocycles. The Morgan fingerprint density at radius 3 is 2.21 bits per heavy atom. The van der Waals surface area contributed by atoms with Gasteiger partial charge in [0.1, 0.15) is 0 Å². The van der Waals surface area contributed by atoms with Gasteiger partial charge < -0.3 is 5.32 Å². The van der Waals surface area contributed by atoms with Gasteiger partial charge in [-0.2, -0.15) is 0 Å². The van der Waals surface area contributed by atoms with Crippen molar-refractivity contribution in [2.24, 2.45) is 17.8 Å². The summed E-state index contributed by atoms with van der Waals surface area (Å²) < 4.78 is 0.